The van der Waals surface area contributed by atoms with Gasteiger partial charge in [-0.1, -0.05) is 24.3 Å². The Bertz CT molecular complexity index is 2040. The molecule has 2 N–H and O–H groups in total. The van der Waals surface area contributed by atoms with E-state index in [2.05, 4.69) is 20.2 Å². The highest BCUT2D eigenvalue weighted by molar-refractivity contribution is 7.99. The summed E-state index contributed by atoms with van der Waals surface area (Å²) in [5.41, 5.74) is -6.45. The van der Waals surface area contributed by atoms with E-state index in [0.29, 0.717) is 51.1 Å². The zero-order chi connectivity index (χ0) is 41.4. The van der Waals surface area contributed by atoms with Crippen LogP contribution in [0.15, 0.2) is 57.2 Å². The molecule has 2 saturated heterocycles. The lowest BCUT2D eigenvalue weighted by Gasteiger charge is -2.32. The molecule has 3 aliphatic heterocycles. The highest BCUT2D eigenvalue weighted by Crippen LogP contribution is 2.39. The topological polar surface area (TPSA) is 156 Å². The molecule has 4 unspecified atom stereocenters. The monoisotopic (exact) mass is 870 g/mol. The Labute approximate surface area is 331 Å². The third-order valence-corrected chi connectivity index (χ3v) is 13.6. The molecule has 57 heavy (non-hydrogen) atoms. The van der Waals surface area contributed by atoms with E-state index in [1.807, 2.05) is 55.8 Å². The highest BCUT2D eigenvalue weighted by Gasteiger charge is 2.52. The first-order chi connectivity index (χ1) is 26.6. The van der Waals surface area contributed by atoms with Crippen molar-refractivity contribution >= 4 is 37.4 Å². The summed E-state index contributed by atoms with van der Waals surface area (Å²) in [6.45, 7) is 8.31. The molecule has 1 aromatic carbocycles. The number of rotatable bonds is 14. The van der Waals surface area contributed by atoms with Crippen LogP contribution in [0, 0.1) is 0 Å². The summed E-state index contributed by atoms with van der Waals surface area (Å²) in [7, 11) is -11.1. The summed E-state index contributed by atoms with van der Waals surface area (Å²) in [6.07, 6.45) is -4.96. The van der Waals surface area contributed by atoms with Crippen LogP contribution in [0.2, 0.25) is 0 Å². The molecule has 13 nitrogen and oxygen atoms in total. The van der Waals surface area contributed by atoms with Crippen LogP contribution in [0.25, 0.3) is 0 Å². The number of thioether (sulfide) groups is 1. The maximum absolute atomic E-state index is 14.2. The van der Waals surface area contributed by atoms with Gasteiger partial charge >= 0.3 is 11.7 Å². The fourth-order valence-electron chi connectivity index (χ4n) is 6.61. The van der Waals surface area contributed by atoms with Gasteiger partial charge in [0.2, 0.25) is 5.82 Å². The average molecular weight is 871 g/mol. The lowest BCUT2D eigenvalue weighted by Crippen LogP contribution is -2.47. The van der Waals surface area contributed by atoms with Crippen LogP contribution in [0.1, 0.15) is 50.7 Å². The van der Waals surface area contributed by atoms with E-state index in [-0.39, 0.29) is 30.8 Å². The average Bonchev–Trinajstić information content (AvgIpc) is 3.89. The Morgan fingerprint density at radius 2 is 1.70 bits per heavy atom. The second kappa shape index (κ2) is 17.0. The van der Waals surface area contributed by atoms with Gasteiger partial charge in [0.25, 0.3) is 19.9 Å². The largest absolute Gasteiger partial charge is 0.501 e. The summed E-state index contributed by atoms with van der Waals surface area (Å²) in [5.74, 6) is -2.02. The van der Waals surface area contributed by atoms with Gasteiger partial charge in [-0.3, -0.25) is 14.5 Å². The van der Waals surface area contributed by atoms with Crippen molar-refractivity contribution in [1.29, 1.82) is 0 Å². The van der Waals surface area contributed by atoms with E-state index >= 15 is 0 Å². The maximum Gasteiger partial charge on any atom is 0.501 e. The second-order valence-electron chi connectivity index (χ2n) is 14.9. The molecule has 4 aliphatic rings. The Hall–Kier alpha value is -2.83. The van der Waals surface area contributed by atoms with Gasteiger partial charge in [0.05, 0.1) is 34.3 Å². The van der Waals surface area contributed by atoms with Gasteiger partial charge in [0.1, 0.15) is 5.82 Å². The van der Waals surface area contributed by atoms with Crippen molar-refractivity contribution in [2.45, 2.75) is 93.4 Å². The molecule has 4 heterocycles. The number of anilines is 1. The predicted octanol–water partition coefficient (Wildman–Crippen LogP) is 5.04. The van der Waals surface area contributed by atoms with Crippen LogP contribution in [0.3, 0.4) is 0 Å². The number of sulfone groups is 1. The molecule has 2 aromatic rings. The van der Waals surface area contributed by atoms with E-state index in [9.17, 15) is 43.2 Å². The number of nitrogens with one attached hydrogen (secondary N) is 2. The Morgan fingerprint density at radius 1 is 1.00 bits per heavy atom. The van der Waals surface area contributed by atoms with Gasteiger partial charge in [-0.2, -0.15) is 26.3 Å². The van der Waals surface area contributed by atoms with Crippen LogP contribution in [0.4, 0.5) is 32.2 Å². The quantitative estimate of drug-likeness (QED) is 0.148. The van der Waals surface area contributed by atoms with Gasteiger partial charge < -0.3 is 19.5 Å². The van der Waals surface area contributed by atoms with Crippen LogP contribution >= 0.6 is 11.8 Å². The minimum absolute atomic E-state index is 0.0190. The zero-order valence-corrected chi connectivity index (χ0v) is 33.7. The second-order valence-corrected chi connectivity index (χ2v) is 19.6. The standard InChI is InChI=1S/C35H44F6N6O7S3/c1-33(2,3)54-31-30(53-31)47-14-12-25-27(20-47)43-32(34(36,37)38)44-29(25)45-57(50,51)24-9-10-26(28(19-24)56(48,49)35(39,40)41)42-22(11-13-46-15-17-52-18-16-46)21-55-23-7-5-4-6-8-23/h4-9,19,22,26,30-31,42H,10-18,20-21H2,1-3H3,(H,43,44,45). The normalized spacial score (nSPS) is 23.4. The summed E-state index contributed by atoms with van der Waals surface area (Å²) in [6, 6.07) is 7.20. The number of hydrogen-bond acceptors (Lipinski definition) is 13. The number of fused-ring (bicyclic) bond motifs is 1. The van der Waals surface area contributed by atoms with Gasteiger partial charge in [-0.25, -0.2) is 26.8 Å². The third-order valence-electron chi connectivity index (χ3n) is 9.48. The van der Waals surface area contributed by atoms with Gasteiger partial charge in [-0.05, 0) is 64.8 Å². The highest BCUT2D eigenvalue weighted by atomic mass is 32.2. The summed E-state index contributed by atoms with van der Waals surface area (Å²) in [5, 5.41) is 3.06. The molecule has 6 rings (SSSR count). The number of epoxide rings is 1. The van der Waals surface area contributed by atoms with E-state index in [1.165, 1.54) is 11.8 Å². The number of morpholine rings is 1. The summed E-state index contributed by atoms with van der Waals surface area (Å²) < 4.78 is 157. The smallest absolute Gasteiger partial charge is 0.379 e. The van der Waals surface area contributed by atoms with Crippen molar-refractivity contribution in [1.82, 2.24) is 25.1 Å². The number of ether oxygens (including phenoxy) is 3. The van der Waals surface area contributed by atoms with Crippen molar-refractivity contribution in [3.63, 3.8) is 0 Å². The molecule has 1 aromatic heterocycles. The van der Waals surface area contributed by atoms with Crippen LogP contribution in [0.5, 0.6) is 0 Å². The first kappa shape index (κ1) is 43.7. The molecular formula is C35H44F6N6O7S3. The Balaban J connectivity index is 1.26. The number of allylic oxidation sites excluding steroid dienone is 1. The van der Waals surface area contributed by atoms with Gasteiger partial charge in [0, 0.05) is 54.5 Å². The summed E-state index contributed by atoms with van der Waals surface area (Å²) in [4.78, 5) is 9.74. The van der Waals surface area contributed by atoms with E-state index in [4.69, 9.17) is 14.2 Å². The SMILES string of the molecule is CC(C)(C)OC1OC1N1CCc2c(nc(C(F)(F)F)nc2NS(=O)(=O)C2=CCC(NC(CCN3CCOCC3)CSc3ccccc3)C(S(=O)(=O)C(F)(F)F)=C2)C1. The van der Waals surface area contributed by atoms with Crippen LogP contribution in [-0.2, 0) is 53.2 Å². The molecule has 4 atom stereocenters. The van der Waals surface area contributed by atoms with Crippen molar-refractivity contribution in [3.05, 3.63) is 69.4 Å². The number of halogens is 6. The van der Waals surface area contributed by atoms with Gasteiger partial charge in [-0.15, -0.1) is 11.8 Å². The molecule has 1 aliphatic carbocycles. The number of hydrogen-bond donors (Lipinski definition) is 2. The molecule has 2 fully saturated rings. The number of alkyl halides is 6. The third kappa shape index (κ3) is 11.1. The van der Waals surface area contributed by atoms with Crippen LogP contribution < -0.4 is 10.0 Å². The van der Waals surface area contributed by atoms with Crippen molar-refractivity contribution in [2.75, 3.05) is 49.9 Å². The van der Waals surface area contributed by atoms with E-state index < -0.39 is 89.6 Å². The summed E-state index contributed by atoms with van der Waals surface area (Å²) >= 11 is 1.42. The lowest BCUT2D eigenvalue weighted by atomic mass is 10.1. The molecule has 0 radical (unpaired) electrons. The van der Waals surface area contributed by atoms with Crippen molar-refractivity contribution < 1.29 is 57.4 Å². The molecular weight excluding hydrogens is 827 g/mol. The molecule has 22 heteroatoms. The molecule has 316 valence electrons. The number of nitrogens with zero attached hydrogens (tertiary/aromatic N) is 4. The fourth-order valence-corrected chi connectivity index (χ4v) is 9.92. The first-order valence-corrected chi connectivity index (χ1v) is 22.1. The maximum atomic E-state index is 14.2. The number of sulfonamides is 1. The zero-order valence-electron chi connectivity index (χ0n) is 31.3. The van der Waals surface area contributed by atoms with Crippen molar-refractivity contribution in [2.24, 2.45) is 0 Å². The fraction of sp³-hybridized carbons (Fsp3) is 0.600. The number of benzene rings is 1. The molecule has 0 saturated carbocycles. The Kier molecular flexibility index (Phi) is 13.1. The minimum atomic E-state index is -6.10. The lowest BCUT2D eigenvalue weighted by molar-refractivity contribution is -0.145. The predicted molar refractivity (Wildman–Crippen MR) is 199 cm³/mol. The van der Waals surface area contributed by atoms with Crippen LogP contribution in [-0.4, -0.2) is 117 Å². The number of aromatic nitrogens is 2. The molecule has 0 spiro atoms. The molecule has 0 amide bonds. The van der Waals surface area contributed by atoms with Gasteiger partial charge in [0.15, 0.2) is 12.5 Å². The first-order valence-electron chi connectivity index (χ1n) is 18.1. The van der Waals surface area contributed by atoms with E-state index in [1.54, 1.807) is 4.90 Å². The Morgan fingerprint density at radius 3 is 2.35 bits per heavy atom. The molecule has 0 bridgehead atoms. The van der Waals surface area contributed by atoms with Crippen molar-refractivity contribution in [3.8, 4) is 0 Å². The van der Waals surface area contributed by atoms with E-state index in [0.717, 1.165) is 11.0 Å². The minimum Gasteiger partial charge on any atom is -0.379 e.